The smallest absolute Gasteiger partial charge is 0.258 e. The molecule has 2 aromatic rings. The summed E-state index contributed by atoms with van der Waals surface area (Å²) in [6.45, 7) is 4.01. The highest BCUT2D eigenvalue weighted by Crippen LogP contribution is 2.20. The van der Waals surface area contributed by atoms with Crippen molar-refractivity contribution in [1.29, 1.82) is 0 Å². The summed E-state index contributed by atoms with van der Waals surface area (Å²) in [5.74, 6) is -1.35. The number of hydrogen-bond acceptors (Lipinski definition) is 3. The van der Waals surface area contributed by atoms with Crippen LogP contribution in [0.3, 0.4) is 0 Å². The van der Waals surface area contributed by atoms with Crippen molar-refractivity contribution >= 4 is 17.5 Å². The van der Waals surface area contributed by atoms with Crippen LogP contribution in [0, 0.1) is 12.7 Å². The molecule has 0 aromatic heterocycles. The molecule has 132 valence electrons. The zero-order valence-electron chi connectivity index (χ0n) is 14.5. The minimum absolute atomic E-state index is 0.0486. The number of carbonyl (C=O) groups is 2. The van der Waals surface area contributed by atoms with E-state index in [0.717, 1.165) is 5.56 Å². The molecule has 0 bridgehead atoms. The van der Waals surface area contributed by atoms with Crippen molar-refractivity contribution in [2.45, 2.75) is 19.9 Å². The van der Waals surface area contributed by atoms with Gasteiger partial charge >= 0.3 is 0 Å². The van der Waals surface area contributed by atoms with Crippen molar-refractivity contribution in [2.24, 2.45) is 5.73 Å². The van der Waals surface area contributed by atoms with Gasteiger partial charge in [0.25, 0.3) is 11.8 Å². The van der Waals surface area contributed by atoms with Crippen molar-refractivity contribution in [1.82, 2.24) is 4.90 Å². The van der Waals surface area contributed by atoms with Crippen molar-refractivity contribution in [3.8, 4) is 0 Å². The zero-order valence-corrected chi connectivity index (χ0v) is 14.5. The quantitative estimate of drug-likeness (QED) is 0.876. The van der Waals surface area contributed by atoms with Gasteiger partial charge < -0.3 is 16.0 Å². The highest BCUT2D eigenvalue weighted by molar-refractivity contribution is 6.05. The van der Waals surface area contributed by atoms with Crippen molar-refractivity contribution in [3.05, 3.63) is 65.0 Å². The monoisotopic (exact) mass is 343 g/mol. The number of halogens is 1. The lowest BCUT2D eigenvalue weighted by molar-refractivity contribution is 0.0748. The number of nitrogens with two attached hydrogens (primary N) is 1. The number of rotatable bonds is 5. The first-order valence-corrected chi connectivity index (χ1v) is 7.99. The molecule has 5 nitrogen and oxygen atoms in total. The summed E-state index contributed by atoms with van der Waals surface area (Å²) < 4.78 is 13.8. The van der Waals surface area contributed by atoms with Gasteiger partial charge in [0.15, 0.2) is 0 Å². The molecule has 0 spiro atoms. The second kappa shape index (κ2) is 7.90. The Morgan fingerprint density at radius 3 is 2.56 bits per heavy atom. The van der Waals surface area contributed by atoms with Crippen LogP contribution in [0.5, 0.6) is 0 Å². The highest BCUT2D eigenvalue weighted by Gasteiger charge is 2.18. The van der Waals surface area contributed by atoms with Crippen molar-refractivity contribution < 1.29 is 14.0 Å². The number of hydrogen-bond donors (Lipinski definition) is 2. The number of aryl methyl sites for hydroxylation is 1. The Hall–Kier alpha value is -2.73. The van der Waals surface area contributed by atoms with E-state index < -0.39 is 11.7 Å². The largest absolute Gasteiger partial charge is 0.338 e. The fourth-order valence-corrected chi connectivity index (χ4v) is 2.29. The SMILES string of the molecule is Cc1ccc(C(=O)N(C)C(C)CN)cc1NC(=O)c1ccccc1F. The highest BCUT2D eigenvalue weighted by atomic mass is 19.1. The average Bonchev–Trinajstić information content (AvgIpc) is 2.61. The Morgan fingerprint density at radius 2 is 1.92 bits per heavy atom. The average molecular weight is 343 g/mol. The van der Waals surface area contributed by atoms with E-state index in [2.05, 4.69) is 5.32 Å². The lowest BCUT2D eigenvalue weighted by Crippen LogP contribution is -2.39. The van der Waals surface area contributed by atoms with Crippen LogP contribution in [-0.2, 0) is 0 Å². The minimum atomic E-state index is -0.596. The Bertz CT molecular complexity index is 792. The molecule has 2 rings (SSSR count). The van der Waals surface area contributed by atoms with Crippen LogP contribution in [0.25, 0.3) is 0 Å². The van der Waals surface area contributed by atoms with Crippen molar-refractivity contribution in [2.75, 3.05) is 18.9 Å². The molecule has 25 heavy (non-hydrogen) atoms. The summed E-state index contributed by atoms with van der Waals surface area (Å²) in [4.78, 5) is 26.4. The number of benzene rings is 2. The van der Waals surface area contributed by atoms with Crippen LogP contribution in [-0.4, -0.2) is 36.3 Å². The van der Waals surface area contributed by atoms with Gasteiger partial charge in [-0.15, -0.1) is 0 Å². The topological polar surface area (TPSA) is 75.4 Å². The summed E-state index contributed by atoms with van der Waals surface area (Å²) in [5.41, 5.74) is 7.22. The molecule has 0 aliphatic rings. The second-order valence-electron chi connectivity index (χ2n) is 5.96. The van der Waals surface area contributed by atoms with E-state index in [1.54, 1.807) is 43.1 Å². The molecular weight excluding hydrogens is 321 g/mol. The predicted octanol–water partition coefficient (Wildman–Crippen LogP) is 2.81. The van der Waals surface area contributed by atoms with Crippen LogP contribution >= 0.6 is 0 Å². The normalized spacial score (nSPS) is 11.7. The van der Waals surface area contributed by atoms with E-state index in [4.69, 9.17) is 5.73 Å². The van der Waals surface area contributed by atoms with Crippen LogP contribution < -0.4 is 11.1 Å². The van der Waals surface area contributed by atoms with E-state index in [9.17, 15) is 14.0 Å². The fourth-order valence-electron chi connectivity index (χ4n) is 2.29. The Morgan fingerprint density at radius 1 is 1.24 bits per heavy atom. The maximum Gasteiger partial charge on any atom is 0.258 e. The molecular formula is C19H22FN3O2. The van der Waals surface area contributed by atoms with Crippen molar-refractivity contribution in [3.63, 3.8) is 0 Å². The fraction of sp³-hybridized carbons (Fsp3) is 0.263. The van der Waals surface area contributed by atoms with E-state index in [1.165, 1.54) is 18.2 Å². The maximum absolute atomic E-state index is 13.8. The van der Waals surface area contributed by atoms with E-state index in [0.29, 0.717) is 17.8 Å². The third-order valence-electron chi connectivity index (χ3n) is 4.17. The third kappa shape index (κ3) is 4.22. The van der Waals surface area contributed by atoms with Gasteiger partial charge in [-0.25, -0.2) is 4.39 Å². The van der Waals surface area contributed by atoms with Gasteiger partial charge in [-0.05, 0) is 43.7 Å². The van der Waals surface area contributed by atoms with Gasteiger partial charge in [-0.3, -0.25) is 9.59 Å². The lowest BCUT2D eigenvalue weighted by atomic mass is 10.1. The maximum atomic E-state index is 13.8. The Balaban J connectivity index is 2.26. The molecule has 2 aromatic carbocycles. The Labute approximate surface area is 146 Å². The number of likely N-dealkylation sites (N-methyl/N-ethyl adjacent to an activating group) is 1. The molecule has 6 heteroatoms. The molecule has 0 fully saturated rings. The number of carbonyl (C=O) groups excluding carboxylic acids is 2. The molecule has 0 radical (unpaired) electrons. The molecule has 0 saturated heterocycles. The Kier molecular flexibility index (Phi) is 5.88. The minimum Gasteiger partial charge on any atom is -0.338 e. The zero-order chi connectivity index (χ0) is 18.6. The summed E-state index contributed by atoms with van der Waals surface area (Å²) >= 11 is 0. The van der Waals surface area contributed by atoms with Crippen LogP contribution in [0.2, 0.25) is 0 Å². The standard InChI is InChI=1S/C19H22FN3O2/c1-12-8-9-14(19(25)23(3)13(2)11-21)10-17(12)22-18(24)15-6-4-5-7-16(15)20/h4-10,13H,11,21H2,1-3H3,(H,22,24). The molecule has 1 unspecified atom stereocenters. The lowest BCUT2D eigenvalue weighted by Gasteiger charge is -2.24. The van der Waals surface area contributed by atoms with Gasteiger partial charge in [0.2, 0.25) is 0 Å². The van der Waals surface area contributed by atoms with Gasteiger partial charge in [-0.1, -0.05) is 18.2 Å². The molecule has 1 atom stereocenters. The summed E-state index contributed by atoms with van der Waals surface area (Å²) in [5, 5.41) is 2.67. The first-order valence-electron chi connectivity index (χ1n) is 7.99. The second-order valence-corrected chi connectivity index (χ2v) is 5.96. The number of nitrogens with one attached hydrogen (secondary N) is 1. The number of nitrogens with zero attached hydrogens (tertiary/aromatic N) is 1. The van der Waals surface area contributed by atoms with Gasteiger partial charge in [0.1, 0.15) is 5.82 Å². The third-order valence-corrected chi connectivity index (χ3v) is 4.17. The first kappa shape index (κ1) is 18.6. The first-order chi connectivity index (χ1) is 11.8. The van der Waals surface area contributed by atoms with E-state index >= 15 is 0 Å². The van der Waals surface area contributed by atoms with Gasteiger partial charge in [0.05, 0.1) is 5.56 Å². The predicted molar refractivity (Wildman–Crippen MR) is 96.1 cm³/mol. The van der Waals surface area contributed by atoms with Crippen LogP contribution in [0.4, 0.5) is 10.1 Å². The molecule has 0 saturated carbocycles. The van der Waals surface area contributed by atoms with Crippen LogP contribution in [0.15, 0.2) is 42.5 Å². The summed E-state index contributed by atoms with van der Waals surface area (Å²) in [6.07, 6.45) is 0. The number of amides is 2. The van der Waals surface area contributed by atoms with E-state index in [1.807, 2.05) is 6.92 Å². The van der Waals surface area contributed by atoms with E-state index in [-0.39, 0.29) is 17.5 Å². The molecule has 0 aliphatic carbocycles. The molecule has 2 amide bonds. The van der Waals surface area contributed by atoms with Gasteiger partial charge in [0, 0.05) is 30.9 Å². The molecule has 0 heterocycles. The summed E-state index contributed by atoms with van der Waals surface area (Å²) in [7, 11) is 1.68. The van der Waals surface area contributed by atoms with Crippen LogP contribution in [0.1, 0.15) is 33.2 Å². The molecule has 3 N–H and O–H groups in total. The number of anilines is 1. The summed E-state index contributed by atoms with van der Waals surface area (Å²) in [6, 6.07) is 10.7. The molecule has 0 aliphatic heterocycles. The van der Waals surface area contributed by atoms with Gasteiger partial charge in [-0.2, -0.15) is 0 Å².